The number of aromatic carboxylic acids is 1. The Hall–Kier alpha value is -3.39. The minimum Gasteiger partial charge on any atom is -0.478 e. The SMILES string of the molecule is CC(C)(C)c1cc(CCc2ccc(NS(C)(=O)=O)cc2)c(C(=O)O)c(-c2ccc[nH]c2=O)c1. The highest BCUT2D eigenvalue weighted by molar-refractivity contribution is 7.92. The third-order valence-electron chi connectivity index (χ3n) is 5.35. The zero-order valence-corrected chi connectivity index (χ0v) is 19.9. The van der Waals surface area contributed by atoms with Crippen LogP contribution in [0.25, 0.3) is 11.1 Å². The number of hydrogen-bond donors (Lipinski definition) is 3. The van der Waals surface area contributed by atoms with Crippen LogP contribution in [0.2, 0.25) is 0 Å². The molecular weight excluding hydrogens is 440 g/mol. The van der Waals surface area contributed by atoms with E-state index in [0.717, 1.165) is 17.4 Å². The first-order chi connectivity index (χ1) is 15.3. The molecule has 2 aromatic carbocycles. The third kappa shape index (κ3) is 6.10. The average Bonchev–Trinajstić information content (AvgIpc) is 2.71. The molecule has 174 valence electrons. The maximum atomic E-state index is 12.5. The van der Waals surface area contributed by atoms with Crippen molar-refractivity contribution in [3.05, 3.63) is 87.3 Å². The van der Waals surface area contributed by atoms with Crippen LogP contribution >= 0.6 is 0 Å². The number of H-pyrrole nitrogens is 1. The van der Waals surface area contributed by atoms with Gasteiger partial charge in [-0.25, -0.2) is 13.2 Å². The van der Waals surface area contributed by atoms with E-state index in [1.54, 1.807) is 30.3 Å². The van der Waals surface area contributed by atoms with Gasteiger partial charge < -0.3 is 10.1 Å². The maximum absolute atomic E-state index is 12.5. The van der Waals surface area contributed by atoms with Crippen molar-refractivity contribution >= 4 is 21.7 Å². The van der Waals surface area contributed by atoms with Crippen LogP contribution in [0.4, 0.5) is 5.69 Å². The fourth-order valence-corrected chi connectivity index (χ4v) is 4.23. The fraction of sp³-hybridized carbons (Fsp3) is 0.280. The molecule has 1 aromatic heterocycles. The largest absolute Gasteiger partial charge is 0.478 e. The van der Waals surface area contributed by atoms with E-state index in [9.17, 15) is 23.1 Å². The van der Waals surface area contributed by atoms with Crippen LogP contribution in [0.15, 0.2) is 59.5 Å². The highest BCUT2D eigenvalue weighted by Gasteiger charge is 2.24. The van der Waals surface area contributed by atoms with Gasteiger partial charge >= 0.3 is 5.97 Å². The lowest BCUT2D eigenvalue weighted by Crippen LogP contribution is -2.17. The molecule has 8 heteroatoms. The third-order valence-corrected chi connectivity index (χ3v) is 5.95. The molecule has 0 saturated carbocycles. The number of anilines is 1. The molecule has 0 radical (unpaired) electrons. The number of carboxylic acids is 1. The van der Waals surface area contributed by atoms with Crippen molar-refractivity contribution in [3.8, 4) is 11.1 Å². The number of aryl methyl sites for hydroxylation is 2. The molecule has 33 heavy (non-hydrogen) atoms. The van der Waals surface area contributed by atoms with E-state index in [4.69, 9.17) is 0 Å². The predicted octanol–water partition coefficient (Wildman–Crippen LogP) is 4.19. The van der Waals surface area contributed by atoms with Crippen molar-refractivity contribution in [1.29, 1.82) is 0 Å². The second kappa shape index (κ2) is 9.23. The molecule has 0 bridgehead atoms. The van der Waals surface area contributed by atoms with Crippen molar-refractivity contribution < 1.29 is 18.3 Å². The van der Waals surface area contributed by atoms with Gasteiger partial charge in [-0.1, -0.05) is 39.0 Å². The summed E-state index contributed by atoms with van der Waals surface area (Å²) in [6.07, 6.45) is 3.61. The number of nitrogens with one attached hydrogen (secondary N) is 2. The van der Waals surface area contributed by atoms with E-state index in [2.05, 4.69) is 9.71 Å². The molecule has 7 nitrogen and oxygen atoms in total. The van der Waals surface area contributed by atoms with E-state index in [-0.39, 0.29) is 16.5 Å². The van der Waals surface area contributed by atoms with E-state index in [1.807, 2.05) is 39.0 Å². The van der Waals surface area contributed by atoms with Crippen LogP contribution in [0, 0.1) is 0 Å². The average molecular weight is 469 g/mol. The molecular formula is C25H28N2O5S. The molecule has 0 aliphatic heterocycles. The van der Waals surface area contributed by atoms with Crippen LogP contribution in [-0.2, 0) is 28.3 Å². The van der Waals surface area contributed by atoms with Gasteiger partial charge in [-0.15, -0.1) is 0 Å². The van der Waals surface area contributed by atoms with Gasteiger partial charge in [-0.3, -0.25) is 9.52 Å². The van der Waals surface area contributed by atoms with Gasteiger partial charge in [0.1, 0.15) is 0 Å². The predicted molar refractivity (Wildman–Crippen MR) is 130 cm³/mol. The van der Waals surface area contributed by atoms with E-state index in [1.165, 1.54) is 6.20 Å². The molecule has 0 atom stereocenters. The molecule has 3 rings (SSSR count). The summed E-state index contributed by atoms with van der Waals surface area (Å²) in [5.41, 5.74) is 3.23. The van der Waals surface area contributed by atoms with Crippen molar-refractivity contribution in [2.24, 2.45) is 0 Å². The Labute approximate surface area is 193 Å². The van der Waals surface area contributed by atoms with Crippen LogP contribution in [0.5, 0.6) is 0 Å². The first kappa shape index (κ1) is 24.3. The monoisotopic (exact) mass is 468 g/mol. The molecule has 0 fully saturated rings. The lowest BCUT2D eigenvalue weighted by molar-refractivity contribution is 0.0696. The van der Waals surface area contributed by atoms with Crippen molar-refractivity contribution in [1.82, 2.24) is 4.98 Å². The zero-order chi connectivity index (χ0) is 24.4. The number of rotatable bonds is 7. The number of carbonyl (C=O) groups is 1. The summed E-state index contributed by atoms with van der Waals surface area (Å²) in [5, 5.41) is 10.1. The standard InChI is InChI=1S/C25H28N2O5S/c1-25(2,3)18-14-17(10-7-16-8-11-19(12-9-16)27-33(4,31)32)22(24(29)30)21(15-18)20-6-5-13-26-23(20)28/h5-6,8-9,11-15,27H,7,10H2,1-4H3,(H,26,28)(H,29,30). The number of sulfonamides is 1. The zero-order valence-electron chi connectivity index (χ0n) is 19.1. The molecule has 0 spiro atoms. The molecule has 0 amide bonds. The van der Waals surface area contributed by atoms with Crippen molar-refractivity contribution in [2.75, 3.05) is 11.0 Å². The summed E-state index contributed by atoms with van der Waals surface area (Å²) in [5.74, 6) is -1.09. The normalized spacial score (nSPS) is 11.9. The number of benzene rings is 2. The lowest BCUT2D eigenvalue weighted by atomic mass is 9.81. The number of aromatic nitrogens is 1. The Kier molecular flexibility index (Phi) is 6.78. The molecule has 0 unspecified atom stereocenters. The fourth-order valence-electron chi connectivity index (χ4n) is 3.66. The Morgan fingerprint density at radius 1 is 1.03 bits per heavy atom. The Bertz CT molecular complexity index is 1330. The molecule has 0 aliphatic carbocycles. The Morgan fingerprint density at radius 3 is 2.24 bits per heavy atom. The van der Waals surface area contributed by atoms with E-state index in [0.29, 0.717) is 35.2 Å². The summed E-state index contributed by atoms with van der Waals surface area (Å²) in [4.78, 5) is 27.4. The first-order valence-electron chi connectivity index (χ1n) is 10.5. The second-order valence-electron chi connectivity index (χ2n) is 9.10. The van der Waals surface area contributed by atoms with Crippen LogP contribution in [0.3, 0.4) is 0 Å². The van der Waals surface area contributed by atoms with Crippen molar-refractivity contribution in [2.45, 2.75) is 39.0 Å². The number of hydrogen-bond acceptors (Lipinski definition) is 4. The number of pyridine rings is 1. The topological polar surface area (TPSA) is 116 Å². The quantitative estimate of drug-likeness (QED) is 0.481. The summed E-state index contributed by atoms with van der Waals surface area (Å²) in [6, 6.07) is 14.0. The van der Waals surface area contributed by atoms with Crippen LogP contribution in [0.1, 0.15) is 47.8 Å². The highest BCUT2D eigenvalue weighted by Crippen LogP contribution is 2.32. The van der Waals surface area contributed by atoms with Gasteiger partial charge in [0.05, 0.1) is 11.8 Å². The van der Waals surface area contributed by atoms with Gasteiger partial charge in [-0.05, 0) is 65.3 Å². The summed E-state index contributed by atoms with van der Waals surface area (Å²) >= 11 is 0. The Morgan fingerprint density at radius 2 is 1.70 bits per heavy atom. The highest BCUT2D eigenvalue weighted by atomic mass is 32.2. The smallest absolute Gasteiger partial charge is 0.336 e. The van der Waals surface area contributed by atoms with Gasteiger partial charge in [0, 0.05) is 23.0 Å². The molecule has 3 N–H and O–H groups in total. The van der Waals surface area contributed by atoms with Gasteiger partial charge in [-0.2, -0.15) is 0 Å². The maximum Gasteiger partial charge on any atom is 0.336 e. The van der Waals surface area contributed by atoms with Gasteiger partial charge in [0.15, 0.2) is 0 Å². The molecule has 3 aromatic rings. The molecule has 1 heterocycles. The number of aromatic amines is 1. The minimum atomic E-state index is -3.36. The molecule has 0 aliphatic rings. The Balaban J connectivity index is 2.03. The second-order valence-corrected chi connectivity index (χ2v) is 10.8. The van der Waals surface area contributed by atoms with E-state index >= 15 is 0 Å². The lowest BCUT2D eigenvalue weighted by Gasteiger charge is -2.23. The van der Waals surface area contributed by atoms with Crippen LogP contribution in [-0.4, -0.2) is 30.7 Å². The van der Waals surface area contributed by atoms with Crippen LogP contribution < -0.4 is 10.3 Å². The number of carboxylic acid groups (broad SMARTS) is 1. The van der Waals surface area contributed by atoms with Gasteiger partial charge in [0.2, 0.25) is 10.0 Å². The summed E-state index contributed by atoms with van der Waals surface area (Å²) < 4.78 is 25.2. The summed E-state index contributed by atoms with van der Waals surface area (Å²) in [7, 11) is -3.36. The van der Waals surface area contributed by atoms with Crippen molar-refractivity contribution in [3.63, 3.8) is 0 Å². The van der Waals surface area contributed by atoms with E-state index < -0.39 is 16.0 Å². The summed E-state index contributed by atoms with van der Waals surface area (Å²) in [6.45, 7) is 6.12. The molecule has 0 saturated heterocycles. The first-order valence-corrected chi connectivity index (χ1v) is 12.4. The van der Waals surface area contributed by atoms with Gasteiger partial charge in [0.25, 0.3) is 5.56 Å². The minimum absolute atomic E-state index is 0.120.